The van der Waals surface area contributed by atoms with Crippen molar-refractivity contribution in [1.82, 2.24) is 10.2 Å². The zero-order chi connectivity index (χ0) is 13.0. The van der Waals surface area contributed by atoms with E-state index in [1.54, 1.807) is 4.90 Å². The lowest BCUT2D eigenvalue weighted by molar-refractivity contribution is 0.0686. The summed E-state index contributed by atoms with van der Waals surface area (Å²) in [5.41, 5.74) is 1.02. The Morgan fingerprint density at radius 2 is 2.11 bits per heavy atom. The lowest BCUT2D eigenvalue weighted by atomic mass is 10.1. The summed E-state index contributed by atoms with van der Waals surface area (Å²) in [6.07, 6.45) is -0.222. The number of hydrogen-bond donors (Lipinski definition) is 1. The molecule has 0 saturated carbocycles. The highest BCUT2D eigenvalue weighted by molar-refractivity contribution is 5.68. The Kier molecular flexibility index (Phi) is 4.20. The minimum atomic E-state index is -0.222. The quantitative estimate of drug-likeness (QED) is 0.870. The molecule has 4 nitrogen and oxygen atoms in total. The monoisotopic (exact) mass is 248 g/mol. The van der Waals surface area contributed by atoms with E-state index in [-0.39, 0.29) is 12.1 Å². The van der Waals surface area contributed by atoms with E-state index in [0.717, 1.165) is 12.1 Å². The number of rotatable bonds is 2. The van der Waals surface area contributed by atoms with Crippen LogP contribution in [0.2, 0.25) is 0 Å². The number of carbonyl (C=O) groups is 1. The lowest BCUT2D eigenvalue weighted by Crippen LogP contribution is -2.56. The summed E-state index contributed by atoms with van der Waals surface area (Å²) in [4.78, 5) is 13.8. The number of ether oxygens (including phenoxy) is 1. The molecule has 0 radical (unpaired) electrons. The smallest absolute Gasteiger partial charge is 0.410 e. The summed E-state index contributed by atoms with van der Waals surface area (Å²) in [7, 11) is 0. The lowest BCUT2D eigenvalue weighted by Gasteiger charge is -2.36. The van der Waals surface area contributed by atoms with Crippen LogP contribution in [0.5, 0.6) is 0 Å². The molecule has 18 heavy (non-hydrogen) atoms. The van der Waals surface area contributed by atoms with Gasteiger partial charge in [0.15, 0.2) is 0 Å². The molecule has 1 amide bonds. The van der Waals surface area contributed by atoms with Crippen molar-refractivity contribution < 1.29 is 9.53 Å². The fourth-order valence-electron chi connectivity index (χ4n) is 2.08. The van der Waals surface area contributed by atoms with E-state index >= 15 is 0 Å². The molecule has 1 aromatic carbocycles. The number of benzene rings is 1. The Labute approximate surface area is 108 Å². The van der Waals surface area contributed by atoms with Crippen molar-refractivity contribution >= 4 is 6.09 Å². The first kappa shape index (κ1) is 12.9. The molecule has 0 aromatic heterocycles. The Morgan fingerprint density at radius 1 is 1.39 bits per heavy atom. The van der Waals surface area contributed by atoms with Gasteiger partial charge in [-0.25, -0.2) is 4.79 Å². The van der Waals surface area contributed by atoms with Crippen molar-refractivity contribution in [2.24, 2.45) is 0 Å². The Balaban J connectivity index is 1.87. The van der Waals surface area contributed by atoms with Gasteiger partial charge in [-0.1, -0.05) is 30.3 Å². The number of nitrogens with zero attached hydrogens (tertiary/aromatic N) is 1. The van der Waals surface area contributed by atoms with Gasteiger partial charge in [0.1, 0.15) is 6.61 Å². The van der Waals surface area contributed by atoms with E-state index in [0.29, 0.717) is 19.2 Å². The van der Waals surface area contributed by atoms with Gasteiger partial charge in [-0.15, -0.1) is 0 Å². The molecule has 1 heterocycles. The van der Waals surface area contributed by atoms with Crippen LogP contribution in [0.25, 0.3) is 0 Å². The second-order valence-electron chi connectivity index (χ2n) is 4.85. The molecule has 4 heteroatoms. The second kappa shape index (κ2) is 5.87. The normalized spacial score (nSPS) is 23.8. The summed E-state index contributed by atoms with van der Waals surface area (Å²) in [5.74, 6) is 0. The van der Waals surface area contributed by atoms with Crippen LogP contribution in [0.15, 0.2) is 30.3 Å². The molecule has 1 saturated heterocycles. The van der Waals surface area contributed by atoms with Crippen LogP contribution in [-0.4, -0.2) is 36.2 Å². The molecule has 1 N–H and O–H groups in total. The molecule has 0 unspecified atom stereocenters. The molecular weight excluding hydrogens is 228 g/mol. The molecule has 1 aliphatic heterocycles. The van der Waals surface area contributed by atoms with Gasteiger partial charge in [0.05, 0.1) is 0 Å². The maximum absolute atomic E-state index is 12.0. The van der Waals surface area contributed by atoms with Crippen LogP contribution >= 0.6 is 0 Å². The Bertz CT molecular complexity index is 394. The fourth-order valence-corrected chi connectivity index (χ4v) is 2.08. The first-order valence-corrected chi connectivity index (χ1v) is 6.37. The van der Waals surface area contributed by atoms with Crippen molar-refractivity contribution in [2.75, 3.05) is 13.1 Å². The molecule has 2 rings (SSSR count). The van der Waals surface area contributed by atoms with Crippen LogP contribution in [-0.2, 0) is 11.3 Å². The minimum Gasteiger partial charge on any atom is -0.445 e. The van der Waals surface area contributed by atoms with Crippen LogP contribution in [0.4, 0.5) is 4.79 Å². The van der Waals surface area contributed by atoms with Gasteiger partial charge in [-0.2, -0.15) is 0 Å². The van der Waals surface area contributed by atoms with Crippen molar-refractivity contribution in [2.45, 2.75) is 32.5 Å². The standard InChI is InChI=1S/C14H20N2O2/c1-11-9-16(12(2)8-15-11)14(17)18-10-13-6-4-3-5-7-13/h3-7,11-12,15H,8-10H2,1-2H3/t11-,12-/m0/s1. The molecule has 2 atom stereocenters. The largest absolute Gasteiger partial charge is 0.445 e. The zero-order valence-electron chi connectivity index (χ0n) is 10.9. The van der Waals surface area contributed by atoms with Gasteiger partial charge in [-0.3, -0.25) is 0 Å². The molecular formula is C14H20N2O2. The predicted octanol–water partition coefficient (Wildman–Crippen LogP) is 2.01. The molecule has 0 spiro atoms. The van der Waals surface area contributed by atoms with Crippen LogP contribution in [0.3, 0.4) is 0 Å². The molecule has 0 bridgehead atoms. The number of piperazine rings is 1. The molecule has 0 aliphatic carbocycles. The zero-order valence-corrected chi connectivity index (χ0v) is 10.9. The van der Waals surface area contributed by atoms with Crippen molar-refractivity contribution in [3.05, 3.63) is 35.9 Å². The van der Waals surface area contributed by atoms with Gasteiger partial charge in [0.25, 0.3) is 0 Å². The third-order valence-corrected chi connectivity index (χ3v) is 3.20. The maximum atomic E-state index is 12.0. The van der Waals surface area contributed by atoms with E-state index in [1.807, 2.05) is 37.3 Å². The Morgan fingerprint density at radius 3 is 2.83 bits per heavy atom. The van der Waals surface area contributed by atoms with E-state index < -0.39 is 0 Å². The van der Waals surface area contributed by atoms with Gasteiger partial charge < -0.3 is 15.0 Å². The molecule has 1 aliphatic rings. The summed E-state index contributed by atoms with van der Waals surface area (Å²) in [5, 5.41) is 3.34. The van der Waals surface area contributed by atoms with Crippen molar-refractivity contribution in [3.63, 3.8) is 0 Å². The van der Waals surface area contributed by atoms with Crippen LogP contribution in [0.1, 0.15) is 19.4 Å². The minimum absolute atomic E-state index is 0.185. The van der Waals surface area contributed by atoms with Crippen LogP contribution in [0, 0.1) is 0 Å². The third-order valence-electron chi connectivity index (χ3n) is 3.20. The number of amides is 1. The maximum Gasteiger partial charge on any atom is 0.410 e. The van der Waals surface area contributed by atoms with Gasteiger partial charge in [0.2, 0.25) is 0 Å². The van der Waals surface area contributed by atoms with E-state index in [2.05, 4.69) is 12.2 Å². The van der Waals surface area contributed by atoms with Crippen molar-refractivity contribution in [3.8, 4) is 0 Å². The summed E-state index contributed by atoms with van der Waals surface area (Å²) in [6.45, 7) is 5.97. The third kappa shape index (κ3) is 3.23. The van der Waals surface area contributed by atoms with Gasteiger partial charge in [0, 0.05) is 25.2 Å². The highest BCUT2D eigenvalue weighted by Crippen LogP contribution is 2.10. The number of hydrogen-bond acceptors (Lipinski definition) is 3. The molecule has 1 fully saturated rings. The molecule has 98 valence electrons. The average Bonchev–Trinajstić information content (AvgIpc) is 2.40. The highest BCUT2D eigenvalue weighted by atomic mass is 16.6. The SMILES string of the molecule is C[C@H]1CN(C(=O)OCc2ccccc2)[C@@H](C)CN1. The van der Waals surface area contributed by atoms with E-state index in [1.165, 1.54) is 0 Å². The highest BCUT2D eigenvalue weighted by Gasteiger charge is 2.27. The summed E-state index contributed by atoms with van der Waals surface area (Å²) in [6, 6.07) is 10.3. The number of carbonyl (C=O) groups excluding carboxylic acids is 1. The first-order valence-electron chi connectivity index (χ1n) is 6.37. The van der Waals surface area contributed by atoms with Crippen LogP contribution < -0.4 is 5.32 Å². The Hall–Kier alpha value is -1.55. The summed E-state index contributed by atoms with van der Waals surface area (Å²) >= 11 is 0. The van der Waals surface area contributed by atoms with E-state index in [4.69, 9.17) is 4.74 Å². The summed E-state index contributed by atoms with van der Waals surface area (Å²) < 4.78 is 5.35. The predicted molar refractivity (Wildman–Crippen MR) is 70.3 cm³/mol. The number of nitrogens with one attached hydrogen (secondary N) is 1. The first-order chi connectivity index (χ1) is 8.66. The molecule has 1 aromatic rings. The van der Waals surface area contributed by atoms with Gasteiger partial charge in [-0.05, 0) is 19.4 Å². The fraction of sp³-hybridized carbons (Fsp3) is 0.500. The van der Waals surface area contributed by atoms with E-state index in [9.17, 15) is 4.79 Å². The second-order valence-corrected chi connectivity index (χ2v) is 4.85. The van der Waals surface area contributed by atoms with Crippen molar-refractivity contribution in [1.29, 1.82) is 0 Å². The average molecular weight is 248 g/mol. The van der Waals surface area contributed by atoms with Gasteiger partial charge >= 0.3 is 6.09 Å². The topological polar surface area (TPSA) is 41.6 Å².